The predicted octanol–water partition coefficient (Wildman–Crippen LogP) is 1.69. The Labute approximate surface area is 144 Å². The number of ether oxygens (including phenoxy) is 4. The van der Waals surface area contributed by atoms with Crippen LogP contribution in [0.5, 0.6) is 11.5 Å². The van der Waals surface area contributed by atoms with Crippen molar-refractivity contribution >= 4 is 0 Å². The van der Waals surface area contributed by atoms with E-state index in [4.69, 9.17) is 18.9 Å². The Morgan fingerprint density at radius 1 is 1.21 bits per heavy atom. The second kappa shape index (κ2) is 9.22. The van der Waals surface area contributed by atoms with Crippen LogP contribution in [0.1, 0.15) is 19.4 Å². The number of hydrogen-bond acceptors (Lipinski definition) is 6. The lowest BCUT2D eigenvalue weighted by Crippen LogP contribution is -2.48. The van der Waals surface area contributed by atoms with Crippen molar-refractivity contribution in [2.24, 2.45) is 0 Å². The Kier molecular flexibility index (Phi) is 7.30. The van der Waals surface area contributed by atoms with E-state index >= 15 is 0 Å². The van der Waals surface area contributed by atoms with E-state index in [0.717, 1.165) is 30.2 Å². The molecule has 0 amide bonds. The summed E-state index contributed by atoms with van der Waals surface area (Å²) < 4.78 is 21.9. The van der Waals surface area contributed by atoms with Gasteiger partial charge in [-0.3, -0.25) is 4.90 Å². The molecule has 0 aromatic heterocycles. The summed E-state index contributed by atoms with van der Waals surface area (Å²) in [6, 6.07) is 5.58. The standard InChI is InChI=1S/C18H29NO5/c1-13-8-19(9-14(2)24-13)10-16(20)12-23-11-15-7-17(21-3)5-6-18(15)22-4/h5-7,13-14,16,20H,8-12H2,1-4H3/t13-,14-,16-/m1/s1. The van der Waals surface area contributed by atoms with Crippen molar-refractivity contribution in [2.75, 3.05) is 40.5 Å². The van der Waals surface area contributed by atoms with Crippen LogP contribution in [0, 0.1) is 0 Å². The van der Waals surface area contributed by atoms with Crippen LogP contribution in [-0.4, -0.2) is 68.8 Å². The van der Waals surface area contributed by atoms with E-state index in [1.165, 1.54) is 0 Å². The molecular formula is C18H29NO5. The van der Waals surface area contributed by atoms with Crippen LogP contribution in [0.3, 0.4) is 0 Å². The van der Waals surface area contributed by atoms with Crippen molar-refractivity contribution in [3.05, 3.63) is 23.8 Å². The van der Waals surface area contributed by atoms with E-state index in [2.05, 4.69) is 18.7 Å². The van der Waals surface area contributed by atoms with Gasteiger partial charge in [0.25, 0.3) is 0 Å². The molecule has 0 spiro atoms. The second-order valence-electron chi connectivity index (χ2n) is 6.32. The first kappa shape index (κ1) is 19.0. The van der Waals surface area contributed by atoms with E-state index in [-0.39, 0.29) is 18.8 Å². The van der Waals surface area contributed by atoms with Gasteiger partial charge >= 0.3 is 0 Å². The second-order valence-corrected chi connectivity index (χ2v) is 6.32. The Morgan fingerprint density at radius 2 is 1.92 bits per heavy atom. The number of aliphatic hydroxyl groups is 1. The number of aliphatic hydroxyl groups excluding tert-OH is 1. The third-order valence-corrected chi connectivity index (χ3v) is 4.02. The zero-order valence-corrected chi connectivity index (χ0v) is 15.0. The van der Waals surface area contributed by atoms with Gasteiger partial charge in [0.1, 0.15) is 11.5 Å². The summed E-state index contributed by atoms with van der Waals surface area (Å²) in [6.07, 6.45) is -0.134. The van der Waals surface area contributed by atoms with Gasteiger partial charge in [-0.25, -0.2) is 0 Å². The smallest absolute Gasteiger partial charge is 0.124 e. The number of nitrogens with zero attached hydrogens (tertiary/aromatic N) is 1. The molecule has 6 nitrogen and oxygen atoms in total. The van der Waals surface area contributed by atoms with Crippen molar-refractivity contribution in [3.8, 4) is 11.5 Å². The topological polar surface area (TPSA) is 60.4 Å². The molecule has 0 aliphatic carbocycles. The maximum absolute atomic E-state index is 10.2. The van der Waals surface area contributed by atoms with Gasteiger partial charge in [-0.15, -0.1) is 0 Å². The van der Waals surface area contributed by atoms with Crippen molar-refractivity contribution < 1.29 is 24.1 Å². The van der Waals surface area contributed by atoms with Gasteiger partial charge in [0.2, 0.25) is 0 Å². The van der Waals surface area contributed by atoms with Crippen LogP contribution in [0.4, 0.5) is 0 Å². The zero-order chi connectivity index (χ0) is 17.5. The summed E-state index contributed by atoms with van der Waals surface area (Å²) in [7, 11) is 3.25. The quantitative estimate of drug-likeness (QED) is 0.778. The van der Waals surface area contributed by atoms with Crippen molar-refractivity contribution in [1.29, 1.82) is 0 Å². The van der Waals surface area contributed by atoms with E-state index in [0.29, 0.717) is 13.2 Å². The van der Waals surface area contributed by atoms with Crippen LogP contribution < -0.4 is 9.47 Å². The Balaban J connectivity index is 1.79. The molecule has 6 heteroatoms. The minimum Gasteiger partial charge on any atom is -0.497 e. The highest BCUT2D eigenvalue weighted by molar-refractivity contribution is 5.39. The monoisotopic (exact) mass is 339 g/mol. The highest BCUT2D eigenvalue weighted by Crippen LogP contribution is 2.24. The summed E-state index contributed by atoms with van der Waals surface area (Å²) in [4.78, 5) is 2.22. The lowest BCUT2D eigenvalue weighted by Gasteiger charge is -2.36. The SMILES string of the molecule is COc1ccc(OC)c(COC[C@H](O)CN2C[C@@H](C)O[C@H](C)C2)c1. The van der Waals surface area contributed by atoms with E-state index in [1.54, 1.807) is 14.2 Å². The highest BCUT2D eigenvalue weighted by Gasteiger charge is 2.23. The number of rotatable bonds is 8. The molecule has 3 atom stereocenters. The molecule has 0 bridgehead atoms. The van der Waals surface area contributed by atoms with Gasteiger partial charge in [-0.1, -0.05) is 0 Å². The van der Waals surface area contributed by atoms with Crippen molar-refractivity contribution in [2.45, 2.75) is 38.8 Å². The Bertz CT molecular complexity index is 500. The zero-order valence-electron chi connectivity index (χ0n) is 15.0. The summed E-state index contributed by atoms with van der Waals surface area (Å²) in [5.74, 6) is 1.51. The molecule has 24 heavy (non-hydrogen) atoms. The minimum atomic E-state index is -0.529. The van der Waals surface area contributed by atoms with E-state index in [9.17, 15) is 5.11 Å². The fourth-order valence-electron chi connectivity index (χ4n) is 3.08. The lowest BCUT2D eigenvalue weighted by molar-refractivity contribution is -0.0826. The van der Waals surface area contributed by atoms with E-state index < -0.39 is 6.10 Å². The van der Waals surface area contributed by atoms with E-state index in [1.807, 2.05) is 18.2 Å². The first-order valence-corrected chi connectivity index (χ1v) is 8.36. The number of methoxy groups -OCH3 is 2. The summed E-state index contributed by atoms with van der Waals surface area (Å²) >= 11 is 0. The number of β-amino-alcohol motifs (C(OH)–C–C–N with tert-alkyl or cyclic N) is 1. The largest absolute Gasteiger partial charge is 0.497 e. The highest BCUT2D eigenvalue weighted by atomic mass is 16.5. The first-order chi connectivity index (χ1) is 11.5. The molecule has 2 rings (SSSR count). The van der Waals surface area contributed by atoms with Crippen LogP contribution in [0.15, 0.2) is 18.2 Å². The molecule has 1 aliphatic heterocycles. The Morgan fingerprint density at radius 3 is 2.54 bits per heavy atom. The first-order valence-electron chi connectivity index (χ1n) is 8.36. The van der Waals surface area contributed by atoms with Gasteiger partial charge in [0.05, 0.1) is 45.7 Å². The molecule has 0 unspecified atom stereocenters. The fraction of sp³-hybridized carbons (Fsp3) is 0.667. The van der Waals surface area contributed by atoms with Crippen molar-refractivity contribution in [1.82, 2.24) is 4.90 Å². The third-order valence-electron chi connectivity index (χ3n) is 4.02. The average molecular weight is 339 g/mol. The molecule has 1 fully saturated rings. The molecule has 1 saturated heterocycles. The summed E-state index contributed by atoms with van der Waals surface area (Å²) in [5.41, 5.74) is 0.901. The fourth-order valence-corrected chi connectivity index (χ4v) is 3.08. The van der Waals surface area contributed by atoms with Gasteiger partial charge in [-0.05, 0) is 32.0 Å². The van der Waals surface area contributed by atoms with Crippen LogP contribution in [-0.2, 0) is 16.1 Å². The van der Waals surface area contributed by atoms with Crippen LogP contribution in [0.25, 0.3) is 0 Å². The molecule has 1 aliphatic rings. The van der Waals surface area contributed by atoms with Gasteiger partial charge in [0, 0.05) is 25.2 Å². The maximum Gasteiger partial charge on any atom is 0.124 e. The number of benzene rings is 1. The van der Waals surface area contributed by atoms with Crippen LogP contribution in [0.2, 0.25) is 0 Å². The summed E-state index contributed by atoms with van der Waals surface area (Å²) in [5, 5.41) is 10.2. The normalized spacial score (nSPS) is 23.0. The van der Waals surface area contributed by atoms with Gasteiger partial charge in [0.15, 0.2) is 0 Å². The lowest BCUT2D eigenvalue weighted by atomic mass is 10.2. The predicted molar refractivity (Wildman–Crippen MR) is 91.7 cm³/mol. The molecular weight excluding hydrogens is 310 g/mol. The number of morpholine rings is 1. The molecule has 1 N–H and O–H groups in total. The van der Waals surface area contributed by atoms with Crippen LogP contribution >= 0.6 is 0 Å². The maximum atomic E-state index is 10.2. The molecule has 1 heterocycles. The minimum absolute atomic E-state index is 0.197. The molecule has 136 valence electrons. The molecule has 0 radical (unpaired) electrons. The third kappa shape index (κ3) is 5.63. The Hall–Kier alpha value is -1.34. The summed E-state index contributed by atoms with van der Waals surface area (Å²) in [6.45, 7) is 7.03. The molecule has 1 aromatic rings. The average Bonchev–Trinajstić information content (AvgIpc) is 2.53. The van der Waals surface area contributed by atoms with Crippen molar-refractivity contribution in [3.63, 3.8) is 0 Å². The molecule has 0 saturated carbocycles. The van der Waals surface area contributed by atoms with Gasteiger partial charge < -0.3 is 24.1 Å². The molecule has 1 aromatic carbocycles. The van der Waals surface area contributed by atoms with Gasteiger partial charge in [-0.2, -0.15) is 0 Å². The number of hydrogen-bond donors (Lipinski definition) is 1.